The molecule has 25 heavy (non-hydrogen) atoms. The van der Waals surface area contributed by atoms with E-state index in [-0.39, 0.29) is 0 Å². The van der Waals surface area contributed by atoms with Gasteiger partial charge in [0.2, 0.25) is 0 Å². The molecule has 3 aromatic rings. The van der Waals surface area contributed by atoms with E-state index in [1.165, 1.54) is 0 Å². The summed E-state index contributed by atoms with van der Waals surface area (Å²) < 4.78 is 11.4. The molecule has 3 nitrogen and oxygen atoms in total. The first-order valence-electron chi connectivity index (χ1n) is 8.04. The standard InChI is InChI=1S/C21H18ClNO2/c1-2-24-21-13-8-17(22)14-16(21)15-23-18-9-11-20(12-10-18)25-19-6-4-3-5-7-19/h3-15H,2H2,1H3. The number of rotatable bonds is 6. The van der Waals surface area contributed by atoms with Crippen molar-refractivity contribution < 1.29 is 9.47 Å². The first-order valence-corrected chi connectivity index (χ1v) is 8.42. The lowest BCUT2D eigenvalue weighted by atomic mass is 10.2. The molecule has 0 unspecified atom stereocenters. The third-order valence-electron chi connectivity index (χ3n) is 3.44. The number of nitrogens with zero attached hydrogens (tertiary/aromatic N) is 1. The summed E-state index contributed by atoms with van der Waals surface area (Å²) in [6, 6.07) is 22.7. The number of hydrogen-bond acceptors (Lipinski definition) is 3. The highest BCUT2D eigenvalue weighted by Gasteiger charge is 2.02. The minimum Gasteiger partial charge on any atom is -0.493 e. The highest BCUT2D eigenvalue weighted by atomic mass is 35.5. The van der Waals surface area contributed by atoms with E-state index in [0.717, 1.165) is 28.5 Å². The summed E-state index contributed by atoms with van der Waals surface area (Å²) >= 11 is 6.06. The van der Waals surface area contributed by atoms with Crippen molar-refractivity contribution in [2.24, 2.45) is 4.99 Å². The zero-order valence-electron chi connectivity index (χ0n) is 13.9. The second-order valence-electron chi connectivity index (χ2n) is 5.28. The fourth-order valence-corrected chi connectivity index (χ4v) is 2.46. The summed E-state index contributed by atoms with van der Waals surface area (Å²) in [5.41, 5.74) is 1.67. The maximum atomic E-state index is 6.06. The van der Waals surface area contributed by atoms with Gasteiger partial charge in [0.25, 0.3) is 0 Å². The van der Waals surface area contributed by atoms with Gasteiger partial charge in [-0.3, -0.25) is 4.99 Å². The van der Waals surface area contributed by atoms with E-state index in [0.29, 0.717) is 11.6 Å². The number of halogens is 1. The van der Waals surface area contributed by atoms with E-state index in [4.69, 9.17) is 21.1 Å². The zero-order chi connectivity index (χ0) is 17.5. The average molecular weight is 352 g/mol. The van der Waals surface area contributed by atoms with E-state index in [2.05, 4.69) is 4.99 Å². The van der Waals surface area contributed by atoms with Crippen LogP contribution in [0.3, 0.4) is 0 Å². The predicted molar refractivity (Wildman–Crippen MR) is 103 cm³/mol. The Hall–Kier alpha value is -2.78. The molecule has 3 rings (SSSR count). The van der Waals surface area contributed by atoms with Crippen LogP contribution in [0.5, 0.6) is 17.2 Å². The maximum Gasteiger partial charge on any atom is 0.128 e. The molecule has 0 aliphatic heterocycles. The molecule has 3 aromatic carbocycles. The first-order chi connectivity index (χ1) is 12.2. The Labute approximate surface area is 152 Å². The molecule has 0 spiro atoms. The van der Waals surface area contributed by atoms with Crippen molar-refractivity contribution in [3.8, 4) is 17.2 Å². The van der Waals surface area contributed by atoms with Crippen LogP contribution in [0.15, 0.2) is 77.8 Å². The van der Waals surface area contributed by atoms with E-state index in [1.807, 2.05) is 73.7 Å². The molecule has 0 amide bonds. The van der Waals surface area contributed by atoms with Crippen molar-refractivity contribution in [3.63, 3.8) is 0 Å². The molecule has 0 saturated heterocycles. The zero-order valence-corrected chi connectivity index (χ0v) is 14.6. The average Bonchev–Trinajstić information content (AvgIpc) is 2.64. The second-order valence-corrected chi connectivity index (χ2v) is 5.72. The van der Waals surface area contributed by atoms with Gasteiger partial charge in [0.05, 0.1) is 12.3 Å². The third-order valence-corrected chi connectivity index (χ3v) is 3.68. The van der Waals surface area contributed by atoms with Crippen molar-refractivity contribution in [2.75, 3.05) is 6.61 Å². The minimum absolute atomic E-state index is 0.591. The molecule has 0 bridgehead atoms. The number of benzene rings is 3. The summed E-state index contributed by atoms with van der Waals surface area (Å²) in [6.45, 7) is 2.54. The van der Waals surface area contributed by atoms with Crippen LogP contribution in [0.4, 0.5) is 5.69 Å². The summed E-state index contributed by atoms with van der Waals surface area (Å²) in [6.07, 6.45) is 1.75. The van der Waals surface area contributed by atoms with Gasteiger partial charge in [-0.2, -0.15) is 0 Å². The first kappa shape index (κ1) is 17.1. The van der Waals surface area contributed by atoms with Gasteiger partial charge in [-0.25, -0.2) is 0 Å². The van der Waals surface area contributed by atoms with Crippen molar-refractivity contribution in [3.05, 3.63) is 83.4 Å². The van der Waals surface area contributed by atoms with Gasteiger partial charge in [0.15, 0.2) is 0 Å². The van der Waals surface area contributed by atoms with Crippen LogP contribution in [0.1, 0.15) is 12.5 Å². The maximum absolute atomic E-state index is 6.06. The van der Waals surface area contributed by atoms with Crippen molar-refractivity contribution in [1.82, 2.24) is 0 Å². The molecule has 0 N–H and O–H groups in total. The monoisotopic (exact) mass is 351 g/mol. The van der Waals surface area contributed by atoms with Crippen LogP contribution >= 0.6 is 11.6 Å². The minimum atomic E-state index is 0.591. The van der Waals surface area contributed by atoms with Crippen LogP contribution in [0, 0.1) is 0 Å². The molecule has 0 heterocycles. The van der Waals surface area contributed by atoms with Crippen LogP contribution in [0.2, 0.25) is 5.02 Å². The van der Waals surface area contributed by atoms with E-state index in [9.17, 15) is 0 Å². The van der Waals surface area contributed by atoms with Gasteiger partial charge in [0.1, 0.15) is 17.2 Å². The quantitative estimate of drug-likeness (QED) is 0.489. The highest BCUT2D eigenvalue weighted by Crippen LogP contribution is 2.25. The smallest absolute Gasteiger partial charge is 0.128 e. The van der Waals surface area contributed by atoms with E-state index < -0.39 is 0 Å². The lowest BCUT2D eigenvalue weighted by molar-refractivity contribution is 0.340. The Morgan fingerprint density at radius 1 is 0.920 bits per heavy atom. The van der Waals surface area contributed by atoms with Crippen LogP contribution in [0.25, 0.3) is 0 Å². The molecular formula is C21H18ClNO2. The molecule has 0 radical (unpaired) electrons. The lowest BCUT2D eigenvalue weighted by Crippen LogP contribution is -1.95. The predicted octanol–water partition coefficient (Wildman–Crippen LogP) is 6.28. The molecule has 4 heteroatoms. The number of hydrogen-bond donors (Lipinski definition) is 0. The number of ether oxygens (including phenoxy) is 2. The molecule has 0 aromatic heterocycles. The number of aliphatic imine (C=N–C) groups is 1. The van der Waals surface area contributed by atoms with Gasteiger partial charge in [-0.1, -0.05) is 29.8 Å². The van der Waals surface area contributed by atoms with Crippen molar-refractivity contribution in [1.29, 1.82) is 0 Å². The second kappa shape index (κ2) is 8.36. The molecule has 126 valence electrons. The lowest BCUT2D eigenvalue weighted by Gasteiger charge is -2.07. The van der Waals surface area contributed by atoms with Gasteiger partial charge in [0, 0.05) is 16.8 Å². The van der Waals surface area contributed by atoms with E-state index in [1.54, 1.807) is 12.3 Å². The molecule has 0 aliphatic rings. The molecule has 0 atom stereocenters. The van der Waals surface area contributed by atoms with Crippen LogP contribution in [-0.4, -0.2) is 12.8 Å². The fourth-order valence-electron chi connectivity index (χ4n) is 2.28. The van der Waals surface area contributed by atoms with Crippen molar-refractivity contribution >= 4 is 23.5 Å². The molecule has 0 fully saturated rings. The van der Waals surface area contributed by atoms with Gasteiger partial charge in [-0.15, -0.1) is 0 Å². The highest BCUT2D eigenvalue weighted by molar-refractivity contribution is 6.30. The topological polar surface area (TPSA) is 30.8 Å². The Bertz CT molecular complexity index is 846. The van der Waals surface area contributed by atoms with E-state index >= 15 is 0 Å². The SMILES string of the molecule is CCOc1ccc(Cl)cc1C=Nc1ccc(Oc2ccccc2)cc1. The number of para-hydroxylation sites is 1. The molecule has 0 saturated carbocycles. The molecular weight excluding hydrogens is 334 g/mol. The Morgan fingerprint density at radius 2 is 1.64 bits per heavy atom. The van der Waals surface area contributed by atoms with Crippen molar-refractivity contribution in [2.45, 2.75) is 6.92 Å². The summed E-state index contributed by atoms with van der Waals surface area (Å²) in [5, 5.41) is 0.650. The normalized spacial score (nSPS) is 10.8. The summed E-state index contributed by atoms with van der Waals surface area (Å²) in [5.74, 6) is 2.33. The largest absolute Gasteiger partial charge is 0.493 e. The Morgan fingerprint density at radius 3 is 2.36 bits per heavy atom. The van der Waals surface area contributed by atoms with Crippen LogP contribution in [-0.2, 0) is 0 Å². The summed E-state index contributed by atoms with van der Waals surface area (Å²) in [7, 11) is 0. The van der Waals surface area contributed by atoms with Gasteiger partial charge >= 0.3 is 0 Å². The Balaban J connectivity index is 1.73. The van der Waals surface area contributed by atoms with Gasteiger partial charge < -0.3 is 9.47 Å². The van der Waals surface area contributed by atoms with Gasteiger partial charge in [-0.05, 0) is 61.5 Å². The fraction of sp³-hybridized carbons (Fsp3) is 0.0952. The molecule has 0 aliphatic carbocycles. The third kappa shape index (κ3) is 4.85. The Kier molecular flexibility index (Phi) is 5.70. The summed E-state index contributed by atoms with van der Waals surface area (Å²) in [4.78, 5) is 4.49. The van der Waals surface area contributed by atoms with Crippen LogP contribution < -0.4 is 9.47 Å².